The second-order valence-electron chi connectivity index (χ2n) is 8.84. The molecule has 0 fully saturated rings. The lowest BCUT2D eigenvalue weighted by Gasteiger charge is -2.13. The van der Waals surface area contributed by atoms with Crippen molar-refractivity contribution in [2.75, 3.05) is 10.6 Å². The van der Waals surface area contributed by atoms with Gasteiger partial charge < -0.3 is 20.8 Å². The van der Waals surface area contributed by atoms with Crippen LogP contribution in [0.25, 0.3) is 10.8 Å². The van der Waals surface area contributed by atoms with E-state index in [1.54, 1.807) is 12.1 Å². The highest BCUT2D eigenvalue weighted by atomic mass is 16.4. The Kier molecular flexibility index (Phi) is 7.78. The van der Waals surface area contributed by atoms with E-state index in [0.29, 0.717) is 22.3 Å². The van der Waals surface area contributed by atoms with Crippen LogP contribution in [0.3, 0.4) is 0 Å². The molecule has 8 heteroatoms. The van der Waals surface area contributed by atoms with Crippen LogP contribution in [0, 0.1) is 49.4 Å². The second-order valence-corrected chi connectivity index (χ2v) is 8.84. The summed E-state index contributed by atoms with van der Waals surface area (Å²) < 4.78 is 0. The third kappa shape index (κ3) is 5.80. The molecule has 0 saturated carbocycles. The number of carbonyl (C=O) groups is 4. The van der Waals surface area contributed by atoms with Gasteiger partial charge in [-0.2, -0.15) is 0 Å². The van der Waals surface area contributed by atoms with Gasteiger partial charge in [0.25, 0.3) is 11.8 Å². The van der Waals surface area contributed by atoms with Crippen LogP contribution in [-0.4, -0.2) is 34.0 Å². The number of hydrogen-bond donors (Lipinski definition) is 4. The maximum absolute atomic E-state index is 13.2. The van der Waals surface area contributed by atoms with Crippen molar-refractivity contribution in [1.82, 2.24) is 0 Å². The third-order valence-electron chi connectivity index (χ3n) is 6.11. The van der Waals surface area contributed by atoms with E-state index >= 15 is 0 Å². The summed E-state index contributed by atoms with van der Waals surface area (Å²) in [6, 6.07) is 13.9. The molecule has 0 aliphatic heterocycles. The zero-order valence-electron chi connectivity index (χ0n) is 21.6. The van der Waals surface area contributed by atoms with Crippen LogP contribution >= 0.6 is 0 Å². The summed E-state index contributed by atoms with van der Waals surface area (Å²) >= 11 is 0. The number of hydrogen-bond acceptors (Lipinski definition) is 4. The zero-order valence-corrected chi connectivity index (χ0v) is 21.6. The smallest absolute Gasteiger partial charge is 0.336 e. The van der Waals surface area contributed by atoms with Crippen molar-refractivity contribution < 1.29 is 29.4 Å². The van der Waals surface area contributed by atoms with Gasteiger partial charge in [-0.1, -0.05) is 23.7 Å². The zero-order chi connectivity index (χ0) is 30.6. The minimum absolute atomic E-state index is 0.199. The molecule has 0 heterocycles. The maximum atomic E-state index is 13.2. The van der Waals surface area contributed by atoms with E-state index < -0.39 is 23.8 Å². The SMILES string of the molecule is C#Cc1cc(C#C)cc(NC(=O)c2cc3cc(C(=O)O)c(C(=O)Nc4cc(C#C)cc(C#C)c4)cc3cc2C(=O)O)c1. The lowest BCUT2D eigenvalue weighted by Crippen LogP contribution is -2.18. The summed E-state index contributed by atoms with van der Waals surface area (Å²) in [5.74, 6) is 5.22. The fourth-order valence-corrected chi connectivity index (χ4v) is 4.21. The number of amides is 2. The summed E-state index contributed by atoms with van der Waals surface area (Å²) in [5.41, 5.74) is 0.773. The lowest BCUT2D eigenvalue weighted by atomic mass is 9.95. The number of carboxylic acids is 2. The normalized spacial score (nSPS) is 9.90. The number of carboxylic acid groups (broad SMARTS) is 2. The van der Waals surface area contributed by atoms with E-state index in [9.17, 15) is 29.4 Å². The molecule has 0 aliphatic carbocycles. The highest BCUT2D eigenvalue weighted by molar-refractivity contribution is 6.16. The monoisotopic (exact) mass is 550 g/mol. The highest BCUT2D eigenvalue weighted by Gasteiger charge is 2.23. The molecule has 0 spiro atoms. The molecule has 0 bridgehead atoms. The Morgan fingerprint density at radius 3 is 1.02 bits per heavy atom. The number of aromatic carboxylic acids is 2. The van der Waals surface area contributed by atoms with Gasteiger partial charge in [-0.15, -0.1) is 25.7 Å². The second kappa shape index (κ2) is 11.6. The summed E-state index contributed by atoms with van der Waals surface area (Å²) in [6.07, 6.45) is 21.8. The lowest BCUT2D eigenvalue weighted by molar-refractivity contribution is 0.0683. The number of nitrogens with one attached hydrogen (secondary N) is 2. The third-order valence-corrected chi connectivity index (χ3v) is 6.11. The van der Waals surface area contributed by atoms with Crippen LogP contribution in [-0.2, 0) is 0 Å². The molecule has 0 radical (unpaired) electrons. The summed E-state index contributed by atoms with van der Waals surface area (Å²) in [5, 5.41) is 25.3. The standard InChI is InChI=1S/C34H18N2O6/c1-5-19-9-20(6-2)12-25(11-19)35-31(37)27-15-23-18-30(34(41)42)28(16-24(23)17-29(27)33(39)40)32(38)36-26-13-21(7-3)10-22(8-4)14-26/h1-4,9-18H,(H,35,37)(H,36,38)(H,39,40)(H,41,42). The van der Waals surface area contributed by atoms with Crippen molar-refractivity contribution in [2.24, 2.45) is 0 Å². The molecule has 4 rings (SSSR count). The van der Waals surface area contributed by atoms with Gasteiger partial charge in [0.05, 0.1) is 22.3 Å². The van der Waals surface area contributed by atoms with Gasteiger partial charge >= 0.3 is 11.9 Å². The van der Waals surface area contributed by atoms with E-state index in [1.807, 2.05) is 0 Å². The number of rotatable bonds is 6. The molecule has 0 aliphatic rings. The van der Waals surface area contributed by atoms with Crippen molar-refractivity contribution in [3.8, 4) is 49.4 Å². The summed E-state index contributed by atoms with van der Waals surface area (Å²) in [7, 11) is 0. The van der Waals surface area contributed by atoms with Gasteiger partial charge in [-0.05, 0) is 71.4 Å². The van der Waals surface area contributed by atoms with Gasteiger partial charge in [0.2, 0.25) is 0 Å². The van der Waals surface area contributed by atoms with Crippen LogP contribution in [0.5, 0.6) is 0 Å². The minimum Gasteiger partial charge on any atom is -0.478 e. The average molecular weight is 551 g/mol. The number of anilines is 2. The highest BCUT2D eigenvalue weighted by Crippen LogP contribution is 2.27. The van der Waals surface area contributed by atoms with E-state index in [4.69, 9.17) is 25.7 Å². The summed E-state index contributed by atoms with van der Waals surface area (Å²) in [6.45, 7) is 0. The molecule has 2 amide bonds. The molecule has 42 heavy (non-hydrogen) atoms. The van der Waals surface area contributed by atoms with Gasteiger partial charge in [0.1, 0.15) is 0 Å². The first kappa shape index (κ1) is 28.3. The van der Waals surface area contributed by atoms with Crippen molar-refractivity contribution >= 4 is 45.9 Å². The first-order valence-corrected chi connectivity index (χ1v) is 11.9. The Morgan fingerprint density at radius 2 is 0.762 bits per heavy atom. The van der Waals surface area contributed by atoms with Crippen LogP contribution in [0.15, 0.2) is 60.7 Å². The molecular formula is C34H18N2O6. The van der Waals surface area contributed by atoms with Gasteiger partial charge in [0, 0.05) is 33.6 Å². The Labute approximate surface area is 240 Å². The molecule has 0 unspecified atom stereocenters. The molecule has 0 aromatic heterocycles. The van der Waals surface area contributed by atoms with Crippen LogP contribution in [0.2, 0.25) is 0 Å². The Morgan fingerprint density at radius 1 is 0.476 bits per heavy atom. The average Bonchev–Trinajstić information content (AvgIpc) is 2.98. The quantitative estimate of drug-likeness (QED) is 0.258. The first-order chi connectivity index (χ1) is 20.1. The van der Waals surface area contributed by atoms with Gasteiger partial charge in [-0.3, -0.25) is 9.59 Å². The van der Waals surface area contributed by atoms with Gasteiger partial charge in [0.15, 0.2) is 0 Å². The molecule has 8 nitrogen and oxygen atoms in total. The van der Waals surface area contributed by atoms with Crippen molar-refractivity contribution in [2.45, 2.75) is 0 Å². The molecular weight excluding hydrogens is 532 g/mol. The first-order valence-electron chi connectivity index (χ1n) is 11.9. The Hall–Kier alpha value is -6.74. The molecule has 4 aromatic rings. The predicted octanol–water partition coefficient (Wildman–Crippen LogP) is 4.67. The minimum atomic E-state index is -1.43. The van der Waals surface area contributed by atoms with E-state index in [0.717, 1.165) is 0 Å². The number of carbonyl (C=O) groups excluding carboxylic acids is 2. The molecule has 0 atom stereocenters. The van der Waals surface area contributed by atoms with Crippen LogP contribution in [0.4, 0.5) is 11.4 Å². The Bertz CT molecular complexity index is 1820. The van der Waals surface area contributed by atoms with E-state index in [-0.39, 0.29) is 44.4 Å². The fraction of sp³-hybridized carbons (Fsp3) is 0. The van der Waals surface area contributed by atoms with Crippen molar-refractivity contribution in [1.29, 1.82) is 0 Å². The molecule has 0 saturated heterocycles. The van der Waals surface area contributed by atoms with Gasteiger partial charge in [-0.25, -0.2) is 9.59 Å². The van der Waals surface area contributed by atoms with Crippen molar-refractivity contribution in [3.63, 3.8) is 0 Å². The topological polar surface area (TPSA) is 133 Å². The summed E-state index contributed by atoms with van der Waals surface area (Å²) in [4.78, 5) is 50.7. The Balaban J connectivity index is 1.79. The predicted molar refractivity (Wildman–Crippen MR) is 158 cm³/mol. The molecule has 4 N–H and O–H groups in total. The van der Waals surface area contributed by atoms with Crippen LogP contribution < -0.4 is 10.6 Å². The molecule has 4 aromatic carbocycles. The van der Waals surface area contributed by atoms with E-state index in [2.05, 4.69) is 34.3 Å². The van der Waals surface area contributed by atoms with E-state index in [1.165, 1.54) is 48.5 Å². The maximum Gasteiger partial charge on any atom is 0.336 e. The fourth-order valence-electron chi connectivity index (χ4n) is 4.21. The number of terminal acetylenes is 4. The number of fused-ring (bicyclic) bond motifs is 1. The van der Waals surface area contributed by atoms with Crippen molar-refractivity contribution in [3.05, 3.63) is 105 Å². The van der Waals surface area contributed by atoms with Crippen LogP contribution in [0.1, 0.15) is 63.7 Å². The number of benzene rings is 4. The largest absolute Gasteiger partial charge is 0.478 e. The molecule has 200 valence electrons.